The van der Waals surface area contributed by atoms with Crippen LogP contribution < -0.4 is 11.1 Å². The largest absolute Gasteiger partial charge is 0.330 e. The van der Waals surface area contributed by atoms with Gasteiger partial charge in [-0.05, 0) is 18.9 Å². The van der Waals surface area contributed by atoms with Gasteiger partial charge in [0.1, 0.15) is 5.92 Å². The molecule has 1 aliphatic heterocycles. The number of nitrogens with two attached hydrogens (primary N) is 1. The predicted octanol–water partition coefficient (Wildman–Crippen LogP) is -0.314. The molecule has 0 aromatic rings. The number of barbiturate groups is 1. The summed E-state index contributed by atoms with van der Waals surface area (Å²) in [6.07, 6.45) is 0.270. The molecule has 90 valence electrons. The highest BCUT2D eigenvalue weighted by Crippen LogP contribution is 2.14. The molecule has 6 nitrogen and oxygen atoms in total. The minimum atomic E-state index is -0.818. The monoisotopic (exact) mass is 227 g/mol. The quantitative estimate of drug-likeness (QED) is 0.644. The van der Waals surface area contributed by atoms with Crippen LogP contribution in [0.15, 0.2) is 0 Å². The van der Waals surface area contributed by atoms with Gasteiger partial charge in [0.2, 0.25) is 11.8 Å². The molecule has 1 saturated heterocycles. The fraction of sp³-hybridized carbons (Fsp3) is 0.700. The Morgan fingerprint density at radius 3 is 2.50 bits per heavy atom. The zero-order chi connectivity index (χ0) is 12.3. The van der Waals surface area contributed by atoms with E-state index in [0.29, 0.717) is 6.54 Å². The minimum Gasteiger partial charge on any atom is -0.330 e. The van der Waals surface area contributed by atoms with Gasteiger partial charge in [-0.2, -0.15) is 0 Å². The molecule has 16 heavy (non-hydrogen) atoms. The Morgan fingerprint density at radius 2 is 2.00 bits per heavy atom. The van der Waals surface area contributed by atoms with Crippen molar-refractivity contribution in [1.29, 1.82) is 0 Å². The topological polar surface area (TPSA) is 92.5 Å². The summed E-state index contributed by atoms with van der Waals surface area (Å²) in [6.45, 7) is 4.36. The molecule has 1 unspecified atom stereocenters. The Morgan fingerprint density at radius 1 is 1.38 bits per heavy atom. The average molecular weight is 227 g/mol. The minimum absolute atomic E-state index is 0.168. The van der Waals surface area contributed by atoms with Gasteiger partial charge in [-0.15, -0.1) is 0 Å². The summed E-state index contributed by atoms with van der Waals surface area (Å²) in [4.78, 5) is 35.8. The first-order chi connectivity index (χ1) is 7.47. The number of urea groups is 1. The Labute approximate surface area is 94.2 Å². The number of hydrogen-bond donors (Lipinski definition) is 2. The third-order valence-corrected chi connectivity index (χ3v) is 2.36. The fourth-order valence-electron chi connectivity index (χ4n) is 1.62. The molecule has 4 amide bonds. The maximum Gasteiger partial charge on any atom is 0.330 e. The summed E-state index contributed by atoms with van der Waals surface area (Å²) in [5, 5.41) is 2.17. The van der Waals surface area contributed by atoms with Crippen LogP contribution in [0.1, 0.15) is 20.3 Å². The second-order valence-corrected chi connectivity index (χ2v) is 4.27. The molecule has 6 heteroatoms. The third-order valence-electron chi connectivity index (χ3n) is 2.36. The van der Waals surface area contributed by atoms with Crippen LogP contribution in [0.25, 0.3) is 0 Å². The van der Waals surface area contributed by atoms with E-state index in [1.165, 1.54) is 0 Å². The number of nitrogens with one attached hydrogen (secondary N) is 1. The van der Waals surface area contributed by atoms with Gasteiger partial charge < -0.3 is 5.73 Å². The van der Waals surface area contributed by atoms with Crippen LogP contribution in [0.4, 0.5) is 4.79 Å². The van der Waals surface area contributed by atoms with Gasteiger partial charge in [0, 0.05) is 6.54 Å². The second-order valence-electron chi connectivity index (χ2n) is 4.27. The molecule has 1 rings (SSSR count). The van der Waals surface area contributed by atoms with Gasteiger partial charge in [0.15, 0.2) is 0 Å². The highest BCUT2D eigenvalue weighted by Gasteiger charge is 2.39. The molecule has 0 bridgehead atoms. The molecule has 1 aliphatic rings. The van der Waals surface area contributed by atoms with Crippen LogP contribution in [0, 0.1) is 11.8 Å². The highest BCUT2D eigenvalue weighted by molar-refractivity contribution is 6.16. The van der Waals surface area contributed by atoms with Crippen molar-refractivity contribution in [3.63, 3.8) is 0 Å². The predicted molar refractivity (Wildman–Crippen MR) is 57.3 cm³/mol. The van der Waals surface area contributed by atoms with Crippen molar-refractivity contribution in [3.8, 4) is 0 Å². The lowest BCUT2D eigenvalue weighted by molar-refractivity contribution is -0.143. The molecule has 0 spiro atoms. The van der Waals surface area contributed by atoms with E-state index in [4.69, 9.17) is 5.73 Å². The zero-order valence-electron chi connectivity index (χ0n) is 9.53. The maximum absolute atomic E-state index is 11.9. The smallest absolute Gasteiger partial charge is 0.330 e. The summed E-state index contributed by atoms with van der Waals surface area (Å²) < 4.78 is 0. The summed E-state index contributed by atoms with van der Waals surface area (Å²) in [6, 6.07) is -0.628. The van der Waals surface area contributed by atoms with Gasteiger partial charge in [0.05, 0.1) is 0 Å². The lowest BCUT2D eigenvalue weighted by Gasteiger charge is -2.30. The van der Waals surface area contributed by atoms with Crippen LogP contribution >= 0.6 is 0 Å². The van der Waals surface area contributed by atoms with Crippen molar-refractivity contribution < 1.29 is 14.4 Å². The van der Waals surface area contributed by atoms with Crippen molar-refractivity contribution in [3.05, 3.63) is 0 Å². The average Bonchev–Trinajstić information content (AvgIpc) is 2.19. The number of amides is 4. The SMILES string of the molecule is CC(C)CN1C(=O)NC(=O)C(CCN)C1=O. The van der Waals surface area contributed by atoms with E-state index in [-0.39, 0.29) is 18.9 Å². The normalized spacial score (nSPS) is 21.6. The number of rotatable bonds is 4. The number of carbonyl (C=O) groups is 3. The maximum atomic E-state index is 11.9. The van der Waals surface area contributed by atoms with E-state index in [1.807, 2.05) is 13.8 Å². The Bertz CT molecular complexity index is 314. The molecular formula is C10H17N3O3. The zero-order valence-corrected chi connectivity index (χ0v) is 9.53. The van der Waals surface area contributed by atoms with Crippen LogP contribution in [-0.2, 0) is 9.59 Å². The van der Waals surface area contributed by atoms with Gasteiger partial charge in [0.25, 0.3) is 0 Å². The van der Waals surface area contributed by atoms with Crippen LogP contribution in [0.2, 0.25) is 0 Å². The lowest BCUT2D eigenvalue weighted by atomic mass is 10.00. The fourth-order valence-corrected chi connectivity index (χ4v) is 1.62. The first-order valence-corrected chi connectivity index (χ1v) is 5.33. The number of hydrogen-bond acceptors (Lipinski definition) is 4. The summed E-state index contributed by atoms with van der Waals surface area (Å²) in [5.74, 6) is -1.63. The van der Waals surface area contributed by atoms with E-state index in [2.05, 4.69) is 5.32 Å². The Kier molecular flexibility index (Phi) is 4.00. The van der Waals surface area contributed by atoms with Crippen LogP contribution in [0.3, 0.4) is 0 Å². The van der Waals surface area contributed by atoms with Gasteiger partial charge in [-0.3, -0.25) is 19.8 Å². The van der Waals surface area contributed by atoms with Crippen molar-refractivity contribution >= 4 is 17.8 Å². The third kappa shape index (κ3) is 2.57. The Hall–Kier alpha value is -1.43. The molecule has 0 aromatic heterocycles. The second kappa shape index (κ2) is 5.07. The summed E-state index contributed by atoms with van der Waals surface area (Å²) in [5.41, 5.74) is 5.33. The molecule has 1 atom stereocenters. The van der Waals surface area contributed by atoms with Crippen molar-refractivity contribution in [1.82, 2.24) is 10.2 Å². The van der Waals surface area contributed by atoms with E-state index >= 15 is 0 Å². The van der Waals surface area contributed by atoms with E-state index in [0.717, 1.165) is 4.90 Å². The van der Waals surface area contributed by atoms with Crippen molar-refractivity contribution in [2.45, 2.75) is 20.3 Å². The van der Waals surface area contributed by atoms with Crippen molar-refractivity contribution in [2.75, 3.05) is 13.1 Å². The van der Waals surface area contributed by atoms with Gasteiger partial charge in [-0.25, -0.2) is 4.79 Å². The number of carbonyl (C=O) groups excluding carboxylic acids is 3. The van der Waals surface area contributed by atoms with E-state index < -0.39 is 23.8 Å². The molecule has 3 N–H and O–H groups in total. The van der Waals surface area contributed by atoms with E-state index in [1.54, 1.807) is 0 Å². The van der Waals surface area contributed by atoms with Crippen molar-refractivity contribution in [2.24, 2.45) is 17.6 Å². The summed E-state index contributed by atoms with van der Waals surface area (Å²) >= 11 is 0. The first-order valence-electron chi connectivity index (χ1n) is 5.33. The van der Waals surface area contributed by atoms with Crippen LogP contribution in [0.5, 0.6) is 0 Å². The standard InChI is InChI=1S/C10H17N3O3/c1-6(2)5-13-9(15)7(3-4-11)8(14)12-10(13)16/h6-7H,3-5,11H2,1-2H3,(H,12,14,16). The van der Waals surface area contributed by atoms with Crippen LogP contribution in [-0.4, -0.2) is 35.8 Å². The van der Waals surface area contributed by atoms with E-state index in [9.17, 15) is 14.4 Å². The molecule has 1 heterocycles. The molecule has 1 fully saturated rings. The molecule has 0 aromatic carbocycles. The first kappa shape index (κ1) is 12.6. The van der Waals surface area contributed by atoms with Gasteiger partial charge in [-0.1, -0.05) is 13.8 Å². The Balaban J connectivity index is 2.81. The highest BCUT2D eigenvalue weighted by atomic mass is 16.2. The number of nitrogens with zero attached hydrogens (tertiary/aromatic N) is 1. The van der Waals surface area contributed by atoms with Gasteiger partial charge >= 0.3 is 6.03 Å². The molecule has 0 saturated carbocycles. The number of imide groups is 2. The molecule has 0 aliphatic carbocycles. The lowest BCUT2D eigenvalue weighted by Crippen LogP contribution is -2.58. The summed E-state index contributed by atoms with van der Waals surface area (Å²) in [7, 11) is 0. The molecule has 0 radical (unpaired) electrons. The molecular weight excluding hydrogens is 210 g/mol.